The third-order valence-corrected chi connectivity index (χ3v) is 4.37. The molecule has 0 amide bonds. The van der Waals surface area contributed by atoms with E-state index < -0.39 is 38.8 Å². The summed E-state index contributed by atoms with van der Waals surface area (Å²) in [4.78, 5) is -0.668. The average molecular weight is 334 g/mol. The van der Waals surface area contributed by atoms with Crippen molar-refractivity contribution in [3.05, 3.63) is 58.6 Å². The van der Waals surface area contributed by atoms with Crippen molar-refractivity contribution in [1.29, 1.82) is 0 Å². The highest BCUT2D eigenvalue weighted by Crippen LogP contribution is 2.28. The van der Waals surface area contributed by atoms with Crippen LogP contribution in [0.4, 0.5) is 14.5 Å². The molecule has 2 aromatic carbocycles. The molecule has 0 saturated carbocycles. The van der Waals surface area contributed by atoms with E-state index in [0.717, 1.165) is 18.2 Å². The predicted molar refractivity (Wildman–Crippen MR) is 74.5 cm³/mol. The van der Waals surface area contributed by atoms with Crippen LogP contribution in [-0.2, 0) is 16.6 Å². The first-order valence-corrected chi connectivity index (χ1v) is 7.57. The van der Waals surface area contributed by atoms with Crippen LogP contribution in [0, 0.1) is 11.6 Å². The number of aliphatic hydroxyl groups excluding tert-OH is 1. The summed E-state index contributed by atoms with van der Waals surface area (Å²) in [5.74, 6) is -1.93. The minimum absolute atomic E-state index is 0.147. The van der Waals surface area contributed by atoms with Gasteiger partial charge in [-0.25, -0.2) is 17.2 Å². The molecule has 0 aliphatic carbocycles. The summed E-state index contributed by atoms with van der Waals surface area (Å²) in [5.41, 5.74) is -0.236. The van der Waals surface area contributed by atoms with E-state index in [4.69, 9.17) is 16.7 Å². The van der Waals surface area contributed by atoms with Gasteiger partial charge in [-0.15, -0.1) is 0 Å². The molecule has 0 heterocycles. The maximum atomic E-state index is 13.8. The van der Waals surface area contributed by atoms with Crippen molar-refractivity contribution in [3.63, 3.8) is 0 Å². The van der Waals surface area contributed by atoms with Gasteiger partial charge in [0.1, 0.15) is 22.2 Å². The monoisotopic (exact) mass is 333 g/mol. The molecule has 0 spiro atoms. The Labute approximate surface area is 125 Å². The van der Waals surface area contributed by atoms with E-state index in [1.165, 1.54) is 18.2 Å². The molecule has 21 heavy (non-hydrogen) atoms. The summed E-state index contributed by atoms with van der Waals surface area (Å²) in [6.45, 7) is -0.427. The number of halogens is 3. The first-order valence-electron chi connectivity index (χ1n) is 5.71. The van der Waals surface area contributed by atoms with Gasteiger partial charge in [0.25, 0.3) is 10.0 Å². The summed E-state index contributed by atoms with van der Waals surface area (Å²) in [6, 6.07) is 6.75. The highest BCUT2D eigenvalue weighted by Gasteiger charge is 2.22. The average Bonchev–Trinajstić information content (AvgIpc) is 2.42. The fourth-order valence-corrected chi connectivity index (χ4v) is 3.06. The SMILES string of the molecule is O=S(=O)(Nc1c(F)cccc1Cl)c1ccc(CO)cc1F. The summed E-state index contributed by atoms with van der Waals surface area (Å²) >= 11 is 5.72. The number of anilines is 1. The molecule has 0 radical (unpaired) electrons. The second-order valence-electron chi connectivity index (χ2n) is 4.13. The minimum atomic E-state index is -4.35. The number of para-hydroxylation sites is 1. The summed E-state index contributed by atoms with van der Waals surface area (Å²) in [5, 5.41) is 8.72. The molecule has 4 nitrogen and oxygen atoms in total. The highest BCUT2D eigenvalue weighted by atomic mass is 35.5. The van der Waals surface area contributed by atoms with E-state index in [1.54, 1.807) is 0 Å². The zero-order chi connectivity index (χ0) is 15.6. The Morgan fingerprint density at radius 2 is 1.86 bits per heavy atom. The molecular formula is C13H10ClF2NO3S. The van der Waals surface area contributed by atoms with Crippen molar-refractivity contribution < 1.29 is 22.3 Å². The summed E-state index contributed by atoms with van der Waals surface area (Å²) < 4.78 is 53.4. The number of rotatable bonds is 4. The van der Waals surface area contributed by atoms with Crippen molar-refractivity contribution in [2.24, 2.45) is 0 Å². The number of nitrogens with one attached hydrogen (secondary N) is 1. The van der Waals surface area contributed by atoms with Gasteiger partial charge in [0, 0.05) is 0 Å². The van der Waals surface area contributed by atoms with Crippen molar-refractivity contribution in [1.82, 2.24) is 0 Å². The molecule has 0 atom stereocenters. The Kier molecular flexibility index (Phi) is 4.46. The van der Waals surface area contributed by atoms with Crippen LogP contribution in [0.2, 0.25) is 5.02 Å². The third kappa shape index (κ3) is 3.31. The maximum absolute atomic E-state index is 13.8. The Bertz CT molecular complexity index is 761. The number of sulfonamides is 1. The van der Waals surface area contributed by atoms with Crippen LogP contribution >= 0.6 is 11.6 Å². The Hall–Kier alpha value is -1.70. The van der Waals surface area contributed by atoms with Crippen molar-refractivity contribution >= 4 is 27.3 Å². The Morgan fingerprint density at radius 1 is 1.14 bits per heavy atom. The van der Waals surface area contributed by atoms with Gasteiger partial charge in [0.2, 0.25) is 0 Å². The van der Waals surface area contributed by atoms with E-state index in [2.05, 4.69) is 0 Å². The molecule has 8 heteroatoms. The summed E-state index contributed by atoms with van der Waals surface area (Å²) in [7, 11) is -4.35. The molecule has 0 aliphatic heterocycles. The molecular weight excluding hydrogens is 324 g/mol. The lowest BCUT2D eigenvalue weighted by atomic mass is 10.2. The van der Waals surface area contributed by atoms with Crippen LogP contribution in [0.5, 0.6) is 0 Å². The van der Waals surface area contributed by atoms with E-state index in [0.29, 0.717) is 0 Å². The first-order chi connectivity index (χ1) is 9.85. The molecule has 0 saturated heterocycles. The molecule has 0 aliphatic rings. The summed E-state index contributed by atoms with van der Waals surface area (Å²) in [6.07, 6.45) is 0. The zero-order valence-electron chi connectivity index (χ0n) is 10.5. The second kappa shape index (κ2) is 5.97. The van der Waals surface area contributed by atoms with Crippen LogP contribution < -0.4 is 4.72 Å². The van der Waals surface area contributed by atoms with Crippen LogP contribution in [0.25, 0.3) is 0 Å². The van der Waals surface area contributed by atoms with E-state index in [-0.39, 0.29) is 10.6 Å². The number of hydrogen-bond donors (Lipinski definition) is 2. The fraction of sp³-hybridized carbons (Fsp3) is 0.0769. The maximum Gasteiger partial charge on any atom is 0.264 e. The van der Waals surface area contributed by atoms with E-state index in [9.17, 15) is 17.2 Å². The van der Waals surface area contributed by atoms with Gasteiger partial charge >= 0.3 is 0 Å². The zero-order valence-corrected chi connectivity index (χ0v) is 12.0. The molecule has 0 unspecified atom stereocenters. The normalized spacial score (nSPS) is 11.4. The second-order valence-corrected chi connectivity index (χ2v) is 6.18. The van der Waals surface area contributed by atoms with Crippen LogP contribution in [0.1, 0.15) is 5.56 Å². The van der Waals surface area contributed by atoms with Gasteiger partial charge in [-0.3, -0.25) is 4.72 Å². The lowest BCUT2D eigenvalue weighted by Gasteiger charge is -2.11. The molecule has 2 aromatic rings. The lowest BCUT2D eigenvalue weighted by molar-refractivity contribution is 0.281. The standard InChI is InChI=1S/C13H10ClF2NO3S/c14-9-2-1-3-10(15)13(9)17-21(19,20)12-5-4-8(7-18)6-11(12)16/h1-6,17-18H,7H2. The molecule has 0 fully saturated rings. The van der Waals surface area contributed by atoms with Crippen LogP contribution in [0.15, 0.2) is 41.3 Å². The molecule has 2 rings (SSSR count). The van der Waals surface area contributed by atoms with Crippen LogP contribution in [-0.4, -0.2) is 13.5 Å². The van der Waals surface area contributed by atoms with Crippen molar-refractivity contribution in [2.75, 3.05) is 4.72 Å². The van der Waals surface area contributed by atoms with E-state index in [1.807, 2.05) is 4.72 Å². The molecule has 0 aromatic heterocycles. The third-order valence-electron chi connectivity index (χ3n) is 2.67. The number of benzene rings is 2. The predicted octanol–water partition coefficient (Wildman–Crippen LogP) is 2.91. The topological polar surface area (TPSA) is 66.4 Å². The highest BCUT2D eigenvalue weighted by molar-refractivity contribution is 7.92. The van der Waals surface area contributed by atoms with Gasteiger partial charge in [0.05, 0.1) is 11.6 Å². The smallest absolute Gasteiger partial charge is 0.264 e. The molecule has 112 valence electrons. The van der Waals surface area contributed by atoms with Gasteiger partial charge in [-0.2, -0.15) is 0 Å². The Balaban J connectivity index is 2.44. The Morgan fingerprint density at radius 3 is 2.43 bits per heavy atom. The van der Waals surface area contributed by atoms with E-state index >= 15 is 0 Å². The number of hydrogen-bond acceptors (Lipinski definition) is 3. The van der Waals surface area contributed by atoms with Gasteiger partial charge in [-0.05, 0) is 29.8 Å². The lowest BCUT2D eigenvalue weighted by Crippen LogP contribution is -2.16. The molecule has 2 N–H and O–H groups in total. The first kappa shape index (κ1) is 15.7. The van der Waals surface area contributed by atoms with Crippen molar-refractivity contribution in [2.45, 2.75) is 11.5 Å². The van der Waals surface area contributed by atoms with Gasteiger partial charge in [0.15, 0.2) is 0 Å². The van der Waals surface area contributed by atoms with Gasteiger partial charge in [-0.1, -0.05) is 23.7 Å². The van der Waals surface area contributed by atoms with Crippen LogP contribution in [0.3, 0.4) is 0 Å². The quantitative estimate of drug-likeness (QED) is 0.904. The number of aliphatic hydroxyl groups is 1. The largest absolute Gasteiger partial charge is 0.392 e. The molecule has 0 bridgehead atoms. The fourth-order valence-electron chi connectivity index (χ4n) is 1.65. The van der Waals surface area contributed by atoms with Crippen molar-refractivity contribution in [3.8, 4) is 0 Å². The van der Waals surface area contributed by atoms with Gasteiger partial charge < -0.3 is 5.11 Å². The minimum Gasteiger partial charge on any atom is -0.392 e.